The summed E-state index contributed by atoms with van der Waals surface area (Å²) in [5.74, 6) is -1.88. The summed E-state index contributed by atoms with van der Waals surface area (Å²) in [7, 11) is 1.56. The molecule has 1 aromatic carbocycles. The number of ether oxygens (including phenoxy) is 2. The lowest BCUT2D eigenvalue weighted by atomic mass is 9.94. The first-order chi connectivity index (χ1) is 9.00. The molecule has 1 fully saturated rings. The van der Waals surface area contributed by atoms with Gasteiger partial charge in [0.25, 0.3) is 0 Å². The summed E-state index contributed by atoms with van der Waals surface area (Å²) >= 11 is 0. The van der Waals surface area contributed by atoms with Crippen LogP contribution in [0.5, 0.6) is 5.75 Å². The van der Waals surface area contributed by atoms with Crippen molar-refractivity contribution < 1.29 is 18.3 Å². The quantitative estimate of drug-likeness (QED) is 0.861. The lowest BCUT2D eigenvalue weighted by Gasteiger charge is -2.28. The molecule has 3 nitrogen and oxygen atoms in total. The molecule has 1 saturated carbocycles. The Labute approximate surface area is 123 Å². The predicted molar refractivity (Wildman–Crippen MR) is 76.6 cm³/mol. The van der Waals surface area contributed by atoms with Crippen molar-refractivity contribution in [3.8, 4) is 5.75 Å². The molecule has 2 rings (SSSR count). The molecule has 6 heteroatoms. The number of benzene rings is 1. The summed E-state index contributed by atoms with van der Waals surface area (Å²) in [6, 6.07) is 5.44. The van der Waals surface area contributed by atoms with E-state index in [0.717, 1.165) is 5.56 Å². The van der Waals surface area contributed by atoms with Gasteiger partial charge in [-0.15, -0.1) is 12.4 Å². The first-order valence-corrected chi connectivity index (χ1v) is 6.42. The van der Waals surface area contributed by atoms with Crippen molar-refractivity contribution >= 4 is 18.1 Å². The molecule has 2 N–H and O–H groups in total. The van der Waals surface area contributed by atoms with E-state index < -0.39 is 5.92 Å². The molecule has 0 heterocycles. The van der Waals surface area contributed by atoms with E-state index >= 15 is 0 Å². The highest BCUT2D eigenvalue weighted by Gasteiger charge is 2.35. The highest BCUT2D eigenvalue weighted by atomic mass is 35.5. The fourth-order valence-corrected chi connectivity index (χ4v) is 2.27. The smallest absolute Gasteiger partial charge is 0.248 e. The third-order valence-electron chi connectivity index (χ3n) is 3.44. The van der Waals surface area contributed by atoms with E-state index in [1.54, 1.807) is 19.2 Å². The van der Waals surface area contributed by atoms with Gasteiger partial charge in [0, 0.05) is 12.8 Å². The Balaban J connectivity index is 0.00000200. The number of hydrogen-bond donors (Lipinski definition) is 1. The molecule has 0 unspecified atom stereocenters. The molecule has 20 heavy (non-hydrogen) atoms. The first kappa shape index (κ1) is 17.0. The second kappa shape index (κ2) is 7.09. The lowest BCUT2D eigenvalue weighted by Crippen LogP contribution is -2.28. The minimum atomic E-state index is -2.51. The number of anilines is 1. The van der Waals surface area contributed by atoms with Crippen molar-refractivity contribution in [2.24, 2.45) is 0 Å². The number of rotatable bonds is 4. The van der Waals surface area contributed by atoms with Crippen LogP contribution in [0.4, 0.5) is 14.5 Å². The molecular formula is C14H20ClF2NO2. The first-order valence-electron chi connectivity index (χ1n) is 6.42. The van der Waals surface area contributed by atoms with Gasteiger partial charge in [0.2, 0.25) is 5.92 Å². The van der Waals surface area contributed by atoms with Crippen molar-refractivity contribution in [2.45, 2.75) is 44.3 Å². The third kappa shape index (κ3) is 4.49. The van der Waals surface area contributed by atoms with E-state index in [1.165, 1.54) is 0 Å². The zero-order chi connectivity index (χ0) is 13.9. The molecule has 114 valence electrons. The van der Waals surface area contributed by atoms with Gasteiger partial charge in [-0.05, 0) is 30.5 Å². The summed E-state index contributed by atoms with van der Waals surface area (Å²) < 4.78 is 36.7. The summed E-state index contributed by atoms with van der Waals surface area (Å²) in [6.45, 7) is 0.393. The molecule has 0 atom stereocenters. The fourth-order valence-electron chi connectivity index (χ4n) is 2.27. The van der Waals surface area contributed by atoms with Crippen molar-refractivity contribution in [1.29, 1.82) is 0 Å². The Morgan fingerprint density at radius 3 is 2.50 bits per heavy atom. The van der Waals surface area contributed by atoms with E-state index in [-0.39, 0.29) is 31.4 Å². The van der Waals surface area contributed by atoms with Gasteiger partial charge in [-0.3, -0.25) is 0 Å². The number of nitrogen functional groups attached to an aromatic ring is 1. The fraction of sp³-hybridized carbons (Fsp3) is 0.571. The number of alkyl halides is 2. The summed E-state index contributed by atoms with van der Waals surface area (Å²) in [4.78, 5) is 0. The van der Waals surface area contributed by atoms with Crippen molar-refractivity contribution in [2.75, 3.05) is 12.8 Å². The largest absolute Gasteiger partial charge is 0.495 e. The van der Waals surface area contributed by atoms with Crippen LogP contribution in [0.15, 0.2) is 18.2 Å². The average Bonchev–Trinajstić information content (AvgIpc) is 2.38. The Bertz CT molecular complexity index is 433. The van der Waals surface area contributed by atoms with Crippen LogP contribution in [-0.2, 0) is 11.3 Å². The Hall–Kier alpha value is -1.07. The van der Waals surface area contributed by atoms with E-state index in [9.17, 15) is 8.78 Å². The molecule has 0 amide bonds. The molecule has 0 spiro atoms. The molecule has 0 aromatic heterocycles. The number of halogens is 3. The standard InChI is InChI=1S/C14H19F2NO2.ClH/c1-18-13-3-2-10(8-12(13)17)9-19-11-4-6-14(15,16)7-5-11;/h2-3,8,11H,4-7,9,17H2,1H3;1H. The number of methoxy groups -OCH3 is 1. The van der Waals surface area contributed by atoms with Crippen LogP contribution in [0, 0.1) is 0 Å². The van der Waals surface area contributed by atoms with E-state index in [0.29, 0.717) is 30.9 Å². The second-order valence-electron chi connectivity index (χ2n) is 4.94. The van der Waals surface area contributed by atoms with Gasteiger partial charge < -0.3 is 15.2 Å². The summed E-state index contributed by atoms with van der Waals surface area (Å²) in [5.41, 5.74) is 7.28. The van der Waals surface area contributed by atoms with E-state index in [4.69, 9.17) is 15.2 Å². The topological polar surface area (TPSA) is 44.5 Å². The molecule has 0 radical (unpaired) electrons. The van der Waals surface area contributed by atoms with Gasteiger partial charge in [0.05, 0.1) is 25.5 Å². The summed E-state index contributed by atoms with van der Waals surface area (Å²) in [5, 5.41) is 0. The molecule has 0 aliphatic heterocycles. The van der Waals surface area contributed by atoms with Crippen LogP contribution in [0.3, 0.4) is 0 Å². The Morgan fingerprint density at radius 2 is 1.95 bits per heavy atom. The average molecular weight is 308 g/mol. The molecule has 1 aromatic rings. The highest BCUT2D eigenvalue weighted by molar-refractivity contribution is 5.85. The predicted octanol–water partition coefficient (Wildman–Crippen LogP) is 3.79. The van der Waals surface area contributed by atoms with Crippen LogP contribution >= 0.6 is 12.4 Å². The van der Waals surface area contributed by atoms with E-state index in [2.05, 4.69) is 0 Å². The van der Waals surface area contributed by atoms with Crippen molar-refractivity contribution in [1.82, 2.24) is 0 Å². The molecule has 0 saturated heterocycles. The van der Waals surface area contributed by atoms with Gasteiger partial charge in [-0.25, -0.2) is 8.78 Å². The van der Waals surface area contributed by atoms with Gasteiger partial charge in [0.1, 0.15) is 5.75 Å². The van der Waals surface area contributed by atoms with Crippen LogP contribution in [0.1, 0.15) is 31.2 Å². The minimum absolute atomic E-state index is 0. The maximum Gasteiger partial charge on any atom is 0.248 e. The zero-order valence-electron chi connectivity index (χ0n) is 11.4. The number of hydrogen-bond acceptors (Lipinski definition) is 3. The van der Waals surface area contributed by atoms with Gasteiger partial charge in [-0.2, -0.15) is 0 Å². The zero-order valence-corrected chi connectivity index (χ0v) is 12.2. The third-order valence-corrected chi connectivity index (χ3v) is 3.44. The normalized spacial score (nSPS) is 18.4. The van der Waals surface area contributed by atoms with Gasteiger partial charge >= 0.3 is 0 Å². The summed E-state index contributed by atoms with van der Waals surface area (Å²) in [6.07, 6.45) is 0.588. The van der Waals surface area contributed by atoms with Crippen molar-refractivity contribution in [3.63, 3.8) is 0 Å². The maximum atomic E-state index is 13.0. The maximum absolute atomic E-state index is 13.0. The molecular weight excluding hydrogens is 288 g/mol. The SMILES string of the molecule is COc1ccc(COC2CCC(F)(F)CC2)cc1N.Cl. The second-order valence-corrected chi connectivity index (χ2v) is 4.94. The highest BCUT2D eigenvalue weighted by Crippen LogP contribution is 2.34. The van der Waals surface area contributed by atoms with Crippen LogP contribution < -0.4 is 10.5 Å². The number of nitrogens with two attached hydrogens (primary N) is 1. The monoisotopic (exact) mass is 307 g/mol. The minimum Gasteiger partial charge on any atom is -0.495 e. The van der Waals surface area contributed by atoms with Gasteiger partial charge in [0.15, 0.2) is 0 Å². The Kier molecular flexibility index (Phi) is 6.02. The molecule has 0 bridgehead atoms. The van der Waals surface area contributed by atoms with Crippen molar-refractivity contribution in [3.05, 3.63) is 23.8 Å². The van der Waals surface area contributed by atoms with Gasteiger partial charge in [-0.1, -0.05) is 6.07 Å². The molecule has 1 aliphatic carbocycles. The van der Waals surface area contributed by atoms with Crippen LogP contribution in [-0.4, -0.2) is 19.1 Å². The van der Waals surface area contributed by atoms with Crippen LogP contribution in [0.25, 0.3) is 0 Å². The Morgan fingerprint density at radius 1 is 1.30 bits per heavy atom. The van der Waals surface area contributed by atoms with Crippen LogP contribution in [0.2, 0.25) is 0 Å². The molecule has 1 aliphatic rings. The lowest BCUT2D eigenvalue weighted by molar-refractivity contribution is -0.0838. The van der Waals surface area contributed by atoms with E-state index in [1.807, 2.05) is 6.07 Å².